The largest absolute Gasteiger partial charge is 0.341 e. The molecule has 0 amide bonds. The van der Waals surface area contributed by atoms with Crippen LogP contribution < -0.4 is 5.32 Å². The number of anilines is 1. The minimum Gasteiger partial charge on any atom is -0.341 e. The standard InChI is InChI=1S/C15H17N3O/c1-2-5-11(19)10-14-17-13-7-4-3-6-12(13)15-16-8-9-18(14)15/h3-4,6-7,10,17H,2,5,8-9H2,1H3. The Labute approximate surface area is 112 Å². The molecule has 3 rings (SSSR count). The van der Waals surface area contributed by atoms with Gasteiger partial charge in [-0.05, 0) is 18.6 Å². The molecule has 1 aromatic carbocycles. The number of para-hydroxylation sites is 1. The molecule has 0 aromatic heterocycles. The number of nitrogens with zero attached hydrogens (tertiary/aromatic N) is 2. The molecule has 4 nitrogen and oxygen atoms in total. The maximum Gasteiger partial charge on any atom is 0.159 e. The lowest BCUT2D eigenvalue weighted by molar-refractivity contribution is -0.114. The fourth-order valence-electron chi connectivity index (χ4n) is 2.49. The van der Waals surface area contributed by atoms with Gasteiger partial charge >= 0.3 is 0 Å². The molecule has 2 aliphatic heterocycles. The number of carbonyl (C=O) groups is 1. The number of allylic oxidation sites excluding steroid dienone is 1. The fraction of sp³-hybridized carbons (Fsp3) is 0.333. The van der Waals surface area contributed by atoms with Crippen LogP contribution in [0.25, 0.3) is 0 Å². The Balaban J connectivity index is 1.98. The van der Waals surface area contributed by atoms with Gasteiger partial charge in [0, 0.05) is 24.6 Å². The number of carbonyl (C=O) groups excluding carboxylic acids is 1. The molecular weight excluding hydrogens is 238 g/mol. The van der Waals surface area contributed by atoms with Crippen LogP contribution in [0.1, 0.15) is 25.3 Å². The molecule has 98 valence electrons. The molecule has 0 spiro atoms. The van der Waals surface area contributed by atoms with Crippen molar-refractivity contribution in [1.29, 1.82) is 0 Å². The zero-order chi connectivity index (χ0) is 13.2. The highest BCUT2D eigenvalue weighted by Gasteiger charge is 2.29. The van der Waals surface area contributed by atoms with Gasteiger partial charge in [0.25, 0.3) is 0 Å². The van der Waals surface area contributed by atoms with Crippen LogP contribution in [0.3, 0.4) is 0 Å². The van der Waals surface area contributed by atoms with E-state index in [9.17, 15) is 4.79 Å². The first-order valence-electron chi connectivity index (χ1n) is 6.72. The van der Waals surface area contributed by atoms with Crippen LogP contribution in [0.2, 0.25) is 0 Å². The smallest absolute Gasteiger partial charge is 0.159 e. The van der Waals surface area contributed by atoms with E-state index < -0.39 is 0 Å². The maximum atomic E-state index is 11.8. The lowest BCUT2D eigenvalue weighted by atomic mass is 10.1. The number of benzene rings is 1. The van der Waals surface area contributed by atoms with Crippen LogP contribution in [0.4, 0.5) is 5.69 Å². The van der Waals surface area contributed by atoms with Crippen molar-refractivity contribution in [2.75, 3.05) is 18.4 Å². The first-order valence-corrected chi connectivity index (χ1v) is 6.72. The molecule has 0 unspecified atom stereocenters. The Kier molecular flexibility index (Phi) is 3.07. The fourth-order valence-corrected chi connectivity index (χ4v) is 2.49. The summed E-state index contributed by atoms with van der Waals surface area (Å²) in [7, 11) is 0. The van der Waals surface area contributed by atoms with Gasteiger partial charge in [-0.3, -0.25) is 9.79 Å². The summed E-state index contributed by atoms with van der Waals surface area (Å²) in [5.74, 6) is 1.99. The van der Waals surface area contributed by atoms with Crippen molar-refractivity contribution in [3.05, 3.63) is 41.7 Å². The van der Waals surface area contributed by atoms with Crippen LogP contribution >= 0.6 is 0 Å². The number of fused-ring (bicyclic) bond motifs is 3. The average molecular weight is 255 g/mol. The summed E-state index contributed by atoms with van der Waals surface area (Å²) in [6.07, 6.45) is 3.17. The van der Waals surface area contributed by atoms with E-state index in [2.05, 4.69) is 21.3 Å². The van der Waals surface area contributed by atoms with Crippen molar-refractivity contribution in [1.82, 2.24) is 4.90 Å². The summed E-state index contributed by atoms with van der Waals surface area (Å²) in [6.45, 7) is 3.63. The van der Waals surface area contributed by atoms with Crippen LogP contribution in [0.5, 0.6) is 0 Å². The molecule has 2 heterocycles. The first kappa shape index (κ1) is 12.0. The number of ketones is 1. The van der Waals surface area contributed by atoms with Gasteiger partial charge in [0.05, 0.1) is 12.2 Å². The molecule has 0 fully saturated rings. The van der Waals surface area contributed by atoms with Crippen LogP contribution in [0, 0.1) is 0 Å². The molecule has 0 saturated carbocycles. The second-order valence-electron chi connectivity index (χ2n) is 4.77. The second kappa shape index (κ2) is 4.88. The van der Waals surface area contributed by atoms with E-state index in [0.717, 1.165) is 42.4 Å². The lowest BCUT2D eigenvalue weighted by Gasteiger charge is -2.31. The quantitative estimate of drug-likeness (QED) is 0.843. The zero-order valence-electron chi connectivity index (χ0n) is 11.0. The van der Waals surface area contributed by atoms with E-state index >= 15 is 0 Å². The summed E-state index contributed by atoms with van der Waals surface area (Å²) < 4.78 is 0. The van der Waals surface area contributed by atoms with E-state index in [1.54, 1.807) is 6.08 Å². The third-order valence-electron chi connectivity index (χ3n) is 3.36. The first-order chi connectivity index (χ1) is 9.29. The molecular formula is C15H17N3O. The number of nitrogens with one attached hydrogen (secondary N) is 1. The normalized spacial score (nSPS) is 18.7. The number of aliphatic imine (C=N–C) groups is 1. The van der Waals surface area contributed by atoms with Crippen molar-refractivity contribution in [2.45, 2.75) is 19.8 Å². The van der Waals surface area contributed by atoms with Gasteiger partial charge in [-0.2, -0.15) is 0 Å². The highest BCUT2D eigenvalue weighted by Crippen LogP contribution is 2.29. The molecule has 1 aromatic rings. The van der Waals surface area contributed by atoms with E-state index in [-0.39, 0.29) is 5.78 Å². The number of hydrogen-bond donors (Lipinski definition) is 1. The predicted octanol–water partition coefficient (Wildman–Crippen LogP) is 2.38. The Hall–Kier alpha value is -2.10. The molecule has 4 heteroatoms. The Morgan fingerprint density at radius 2 is 2.32 bits per heavy atom. The molecule has 0 bridgehead atoms. The topological polar surface area (TPSA) is 44.7 Å². The molecule has 19 heavy (non-hydrogen) atoms. The Bertz CT molecular complexity index is 575. The summed E-state index contributed by atoms with van der Waals surface area (Å²) in [5.41, 5.74) is 2.13. The van der Waals surface area contributed by atoms with Gasteiger partial charge in [0.15, 0.2) is 5.78 Å². The third-order valence-corrected chi connectivity index (χ3v) is 3.36. The van der Waals surface area contributed by atoms with E-state index in [4.69, 9.17) is 0 Å². The molecule has 0 radical (unpaired) electrons. The van der Waals surface area contributed by atoms with Gasteiger partial charge in [0.1, 0.15) is 11.7 Å². The molecule has 1 N–H and O–H groups in total. The van der Waals surface area contributed by atoms with Crippen molar-refractivity contribution in [3.8, 4) is 0 Å². The molecule has 0 aliphatic carbocycles. The predicted molar refractivity (Wildman–Crippen MR) is 76.2 cm³/mol. The van der Waals surface area contributed by atoms with Gasteiger partial charge in [-0.25, -0.2) is 0 Å². The van der Waals surface area contributed by atoms with E-state index in [1.165, 1.54) is 0 Å². The lowest BCUT2D eigenvalue weighted by Crippen LogP contribution is -2.36. The van der Waals surface area contributed by atoms with Crippen molar-refractivity contribution in [2.24, 2.45) is 4.99 Å². The van der Waals surface area contributed by atoms with Gasteiger partial charge in [-0.15, -0.1) is 0 Å². The maximum absolute atomic E-state index is 11.8. The zero-order valence-corrected chi connectivity index (χ0v) is 11.0. The monoisotopic (exact) mass is 255 g/mol. The van der Waals surface area contributed by atoms with Gasteiger partial charge < -0.3 is 10.2 Å². The molecule has 0 saturated heterocycles. The summed E-state index contributed by atoms with van der Waals surface area (Å²) in [5, 5.41) is 3.34. The summed E-state index contributed by atoms with van der Waals surface area (Å²) >= 11 is 0. The highest BCUT2D eigenvalue weighted by atomic mass is 16.1. The van der Waals surface area contributed by atoms with Crippen LogP contribution in [0.15, 0.2) is 41.2 Å². The summed E-state index contributed by atoms with van der Waals surface area (Å²) in [4.78, 5) is 18.5. The second-order valence-corrected chi connectivity index (χ2v) is 4.77. The van der Waals surface area contributed by atoms with Crippen molar-refractivity contribution in [3.63, 3.8) is 0 Å². The van der Waals surface area contributed by atoms with Gasteiger partial charge in [-0.1, -0.05) is 19.1 Å². The summed E-state index contributed by atoms with van der Waals surface area (Å²) in [6, 6.07) is 8.08. The number of amidine groups is 1. The molecule has 2 aliphatic rings. The van der Waals surface area contributed by atoms with Crippen molar-refractivity contribution < 1.29 is 4.79 Å². The van der Waals surface area contributed by atoms with Crippen LogP contribution in [-0.4, -0.2) is 29.6 Å². The average Bonchev–Trinajstić information content (AvgIpc) is 2.89. The Morgan fingerprint density at radius 3 is 3.16 bits per heavy atom. The van der Waals surface area contributed by atoms with E-state index in [0.29, 0.717) is 6.42 Å². The van der Waals surface area contributed by atoms with E-state index in [1.807, 2.05) is 25.1 Å². The number of rotatable bonds is 3. The number of hydrogen-bond acceptors (Lipinski definition) is 4. The highest BCUT2D eigenvalue weighted by molar-refractivity contribution is 6.08. The minimum atomic E-state index is 0.163. The van der Waals surface area contributed by atoms with Gasteiger partial charge in [0.2, 0.25) is 0 Å². The van der Waals surface area contributed by atoms with Crippen LogP contribution in [-0.2, 0) is 4.79 Å². The van der Waals surface area contributed by atoms with Crippen molar-refractivity contribution >= 4 is 17.3 Å². The Morgan fingerprint density at radius 1 is 1.47 bits per heavy atom. The minimum absolute atomic E-state index is 0.163. The third kappa shape index (κ3) is 2.14. The molecule has 0 atom stereocenters. The SMILES string of the molecule is CCCC(=O)C=C1Nc2ccccc2C2=NCCN12.